The van der Waals surface area contributed by atoms with Gasteiger partial charge < -0.3 is 50.9 Å². The number of thioether (sulfide) groups is 1. The number of carbonyl (C=O) groups is 2. The second kappa shape index (κ2) is 18.2. The average Bonchev–Trinajstić information content (AvgIpc) is 3.61. The number of ether oxygens (including phenoxy) is 1. The molecule has 2 aromatic heterocycles. The van der Waals surface area contributed by atoms with E-state index in [2.05, 4.69) is 55.2 Å². The van der Waals surface area contributed by atoms with Crippen LogP contribution in [0.1, 0.15) is 53.7 Å². The molecule has 1 aliphatic heterocycles. The summed E-state index contributed by atoms with van der Waals surface area (Å²) in [6.45, 7) is 7.16. The fourth-order valence-corrected chi connectivity index (χ4v) is 8.35. The van der Waals surface area contributed by atoms with E-state index in [0.717, 1.165) is 23.6 Å². The topological polar surface area (TPSA) is 347 Å². The highest BCUT2D eigenvalue weighted by Gasteiger charge is 2.50. The van der Waals surface area contributed by atoms with Crippen molar-refractivity contribution in [2.45, 2.75) is 82.9 Å². The van der Waals surface area contributed by atoms with E-state index in [-0.39, 0.29) is 40.6 Å². The smallest absolute Gasteiger partial charge is 0.386 e. The molecule has 23 nitrogen and oxygen atoms in total. The van der Waals surface area contributed by atoms with Gasteiger partial charge in [-0.1, -0.05) is 34.6 Å². The molecule has 3 heterocycles. The van der Waals surface area contributed by atoms with Crippen LogP contribution in [0.25, 0.3) is 11.2 Å². The first-order chi connectivity index (χ1) is 24.4. The van der Waals surface area contributed by atoms with Crippen LogP contribution in [0.5, 0.6) is 0 Å². The highest BCUT2D eigenvalue weighted by molar-refractivity contribution is 8.00. The Morgan fingerprint density at radius 1 is 1.06 bits per heavy atom. The third-order valence-corrected chi connectivity index (χ3v) is 12.4. The van der Waals surface area contributed by atoms with Crippen LogP contribution < -0.4 is 16.4 Å². The Balaban J connectivity index is 1.53. The van der Waals surface area contributed by atoms with Gasteiger partial charge in [0.15, 0.2) is 17.7 Å². The number of phosphoric ester groups is 3. The number of carbonyl (C=O) groups excluding carboxylic acids is 2. The molecule has 0 bridgehead atoms. The number of nitrogen functional groups attached to an aromatic ring is 1. The number of nitrogens with one attached hydrogen (secondary N) is 2. The number of aliphatic hydroxyl groups excluding tert-OH is 2. The van der Waals surface area contributed by atoms with Crippen LogP contribution in [0.3, 0.4) is 0 Å². The summed E-state index contributed by atoms with van der Waals surface area (Å²) in [6.07, 6.45) is -5.75. The van der Waals surface area contributed by atoms with Crippen LogP contribution in [0, 0.1) is 5.41 Å². The third-order valence-electron chi connectivity index (χ3n) is 7.85. The van der Waals surface area contributed by atoms with Crippen molar-refractivity contribution in [3.05, 3.63) is 12.7 Å². The van der Waals surface area contributed by atoms with E-state index in [1.807, 2.05) is 0 Å². The van der Waals surface area contributed by atoms with Gasteiger partial charge in [0.2, 0.25) is 11.8 Å². The van der Waals surface area contributed by atoms with Crippen LogP contribution in [-0.4, -0.2) is 122 Å². The Bertz CT molecular complexity index is 1730. The number of nitrogens with zero attached hydrogens (tertiary/aromatic N) is 4. The summed E-state index contributed by atoms with van der Waals surface area (Å²) in [6, 6.07) is 0. The number of aromatic nitrogens is 4. The van der Waals surface area contributed by atoms with Gasteiger partial charge in [0.25, 0.3) is 0 Å². The molecule has 0 radical (unpaired) electrons. The molecule has 53 heavy (non-hydrogen) atoms. The minimum Gasteiger partial charge on any atom is -0.386 e. The van der Waals surface area contributed by atoms with E-state index in [1.165, 1.54) is 13.8 Å². The number of imidazole rings is 1. The number of amides is 2. The van der Waals surface area contributed by atoms with Crippen molar-refractivity contribution in [3.8, 4) is 0 Å². The van der Waals surface area contributed by atoms with Gasteiger partial charge in [0, 0.05) is 35.4 Å². The van der Waals surface area contributed by atoms with Crippen molar-refractivity contribution in [3.63, 3.8) is 0 Å². The summed E-state index contributed by atoms with van der Waals surface area (Å²) in [7, 11) is -16.3. The standard InChI is InChI=1S/C26H46N7O16P3S/c1-6-26(4,5)53-10-9-28-16(34)7-8-29-23(37)20(36)25(2,3)12-46-52(43,44)49-51(41,42)45-11-15-19(48-50(38,39)40)18(35)24(47-15)33-14-32-17-21(27)30-13-31-22(17)33/h13-15,18-20,24,35-36H,6-12H2,1-5H3,(H,28,34)(H,29,37)(H,41,42)(H,43,44)(H2,27,30,31)(H2,38,39,40). The Morgan fingerprint density at radius 3 is 2.36 bits per heavy atom. The molecule has 2 aromatic rings. The Morgan fingerprint density at radius 2 is 1.72 bits per heavy atom. The first-order valence-electron chi connectivity index (χ1n) is 15.9. The lowest BCUT2D eigenvalue weighted by molar-refractivity contribution is -0.137. The second-order valence-corrected chi connectivity index (χ2v) is 19.1. The molecule has 10 N–H and O–H groups in total. The van der Waals surface area contributed by atoms with Crippen LogP contribution in [0.2, 0.25) is 0 Å². The minimum absolute atomic E-state index is 0.0345. The molecule has 0 spiro atoms. The van der Waals surface area contributed by atoms with Gasteiger partial charge in [-0.05, 0) is 6.42 Å². The third kappa shape index (κ3) is 13.6. The lowest BCUT2D eigenvalue weighted by Gasteiger charge is -2.30. The van der Waals surface area contributed by atoms with Crippen molar-refractivity contribution in [1.29, 1.82) is 0 Å². The van der Waals surface area contributed by atoms with Crippen LogP contribution >= 0.6 is 35.2 Å². The number of aliphatic hydroxyl groups is 2. The van der Waals surface area contributed by atoms with Crippen LogP contribution in [0.15, 0.2) is 12.7 Å². The van der Waals surface area contributed by atoms with E-state index in [4.69, 9.17) is 19.5 Å². The quantitative estimate of drug-likeness (QED) is 0.0604. The fourth-order valence-electron chi connectivity index (χ4n) is 4.56. The predicted molar refractivity (Wildman–Crippen MR) is 186 cm³/mol. The molecule has 1 fully saturated rings. The summed E-state index contributed by atoms with van der Waals surface area (Å²) in [5.74, 6) is -0.582. The van der Waals surface area contributed by atoms with Crippen molar-refractivity contribution >= 4 is 64.0 Å². The molecule has 302 valence electrons. The van der Waals surface area contributed by atoms with E-state index in [1.54, 1.807) is 11.8 Å². The molecule has 7 unspecified atom stereocenters. The molecule has 0 aromatic carbocycles. The van der Waals surface area contributed by atoms with Gasteiger partial charge in [-0.15, -0.1) is 0 Å². The summed E-state index contributed by atoms with van der Waals surface area (Å²) in [5, 5.41) is 26.5. The maximum absolute atomic E-state index is 12.7. The van der Waals surface area contributed by atoms with Gasteiger partial charge in [-0.2, -0.15) is 16.1 Å². The Kier molecular flexibility index (Phi) is 15.6. The van der Waals surface area contributed by atoms with Crippen molar-refractivity contribution in [1.82, 2.24) is 30.2 Å². The summed E-state index contributed by atoms with van der Waals surface area (Å²) in [4.78, 5) is 75.5. The van der Waals surface area contributed by atoms with Gasteiger partial charge in [0.1, 0.15) is 36.3 Å². The molecule has 0 aliphatic carbocycles. The lowest BCUT2D eigenvalue weighted by Crippen LogP contribution is -2.46. The lowest BCUT2D eigenvalue weighted by atomic mass is 9.87. The van der Waals surface area contributed by atoms with Gasteiger partial charge in [0.05, 0.1) is 19.5 Å². The maximum atomic E-state index is 12.7. The summed E-state index contributed by atoms with van der Waals surface area (Å²) < 4.78 is 62.2. The zero-order valence-electron chi connectivity index (χ0n) is 29.4. The molecule has 1 saturated heterocycles. The zero-order valence-corrected chi connectivity index (χ0v) is 32.9. The SMILES string of the molecule is CCC(C)(C)SCCNC(=O)CCNC(=O)C(O)C(C)(C)COP(=O)(O)OP(=O)(O)OCC1OC(n2cnc3c(N)ncnc32)C(O)C1OP(=O)(O)O. The molecular weight excluding hydrogens is 791 g/mol. The number of rotatable bonds is 21. The summed E-state index contributed by atoms with van der Waals surface area (Å²) in [5.41, 5.74) is 4.32. The van der Waals surface area contributed by atoms with Gasteiger partial charge in [-0.25, -0.2) is 28.6 Å². The van der Waals surface area contributed by atoms with E-state index in [0.29, 0.717) is 12.3 Å². The number of hydrogen-bond donors (Lipinski definition) is 9. The number of hydrogen-bond acceptors (Lipinski definition) is 17. The molecular formula is C26H46N7O16P3S. The maximum Gasteiger partial charge on any atom is 0.481 e. The highest BCUT2D eigenvalue weighted by atomic mass is 32.2. The van der Waals surface area contributed by atoms with Gasteiger partial charge in [-0.3, -0.25) is 27.7 Å². The fraction of sp³-hybridized carbons (Fsp3) is 0.731. The minimum atomic E-state index is -5.55. The molecule has 7 atom stereocenters. The van der Waals surface area contributed by atoms with E-state index < -0.39 is 78.6 Å². The van der Waals surface area contributed by atoms with E-state index >= 15 is 0 Å². The first-order valence-corrected chi connectivity index (χ1v) is 21.4. The molecule has 1 aliphatic rings. The Hall–Kier alpha value is -2.11. The number of nitrogens with two attached hydrogens (primary N) is 1. The van der Waals surface area contributed by atoms with Crippen molar-refractivity contribution in [2.75, 3.05) is 37.8 Å². The average molecular weight is 838 g/mol. The normalized spacial score (nSPS) is 22.6. The summed E-state index contributed by atoms with van der Waals surface area (Å²) >= 11 is 1.71. The predicted octanol–water partition coefficient (Wildman–Crippen LogP) is 0.327. The monoisotopic (exact) mass is 837 g/mol. The molecule has 0 saturated carbocycles. The molecule has 27 heteroatoms. The second-order valence-electron chi connectivity index (χ2n) is 13.0. The molecule has 3 rings (SSSR count). The number of anilines is 1. The van der Waals surface area contributed by atoms with Crippen LogP contribution in [0.4, 0.5) is 5.82 Å². The zero-order chi connectivity index (χ0) is 40.0. The number of phosphoric acid groups is 3. The highest BCUT2D eigenvalue weighted by Crippen LogP contribution is 2.61. The largest absolute Gasteiger partial charge is 0.481 e. The van der Waals surface area contributed by atoms with Crippen molar-refractivity contribution < 1.29 is 75.7 Å². The first kappa shape index (κ1) is 45.3. The molecule has 2 amide bonds. The van der Waals surface area contributed by atoms with Crippen molar-refractivity contribution in [2.24, 2.45) is 5.41 Å². The van der Waals surface area contributed by atoms with Crippen LogP contribution in [-0.2, 0) is 45.9 Å². The van der Waals surface area contributed by atoms with Gasteiger partial charge >= 0.3 is 23.5 Å². The Labute approximate surface area is 308 Å². The number of fused-ring (bicyclic) bond motifs is 1. The van der Waals surface area contributed by atoms with E-state index in [9.17, 15) is 53.1 Å².